The lowest BCUT2D eigenvalue weighted by Crippen LogP contribution is -2.28. The molecule has 5 aromatic carbocycles. The van der Waals surface area contributed by atoms with Crippen molar-refractivity contribution in [3.63, 3.8) is 0 Å². The molecule has 1 atom stereocenters. The second-order valence-corrected chi connectivity index (χ2v) is 9.55. The average Bonchev–Trinajstić information content (AvgIpc) is 3.30. The molecule has 2 heterocycles. The number of aliphatic imine (C=N–C) groups is 1. The van der Waals surface area contributed by atoms with Crippen LogP contribution in [0.1, 0.15) is 22.7 Å². The molecule has 0 radical (unpaired) electrons. The Morgan fingerprint density at radius 2 is 1.23 bits per heavy atom. The SMILES string of the molecule is c1ccc([C@@H]2COC(CN3Cc4ccc5ccccc5c4-c4c(ccc5ccccc45)C3)=N2)cc1. The van der Waals surface area contributed by atoms with Gasteiger partial charge in [0.15, 0.2) is 5.90 Å². The summed E-state index contributed by atoms with van der Waals surface area (Å²) >= 11 is 0. The van der Waals surface area contributed by atoms with Crippen molar-refractivity contribution in [3.8, 4) is 11.1 Å². The molecule has 3 heteroatoms. The van der Waals surface area contributed by atoms with Crippen LogP contribution in [0.2, 0.25) is 0 Å². The predicted octanol–water partition coefficient (Wildman–Crippen LogP) is 7.15. The van der Waals surface area contributed by atoms with Gasteiger partial charge in [0.1, 0.15) is 12.6 Å². The minimum Gasteiger partial charge on any atom is -0.477 e. The largest absolute Gasteiger partial charge is 0.477 e. The van der Waals surface area contributed by atoms with Gasteiger partial charge in [0.2, 0.25) is 0 Å². The zero-order valence-electron chi connectivity index (χ0n) is 19.5. The number of benzene rings is 5. The molecule has 35 heavy (non-hydrogen) atoms. The van der Waals surface area contributed by atoms with Crippen molar-refractivity contribution in [2.75, 3.05) is 13.2 Å². The summed E-state index contributed by atoms with van der Waals surface area (Å²) in [4.78, 5) is 7.42. The van der Waals surface area contributed by atoms with Gasteiger partial charge in [-0.15, -0.1) is 0 Å². The normalized spacial score (nSPS) is 17.5. The lowest BCUT2D eigenvalue weighted by molar-refractivity contribution is 0.256. The Bertz CT molecular complexity index is 1500. The Morgan fingerprint density at radius 3 is 1.86 bits per heavy atom. The van der Waals surface area contributed by atoms with E-state index in [0.717, 1.165) is 19.0 Å². The van der Waals surface area contributed by atoms with Gasteiger partial charge in [-0.1, -0.05) is 103 Å². The summed E-state index contributed by atoms with van der Waals surface area (Å²) in [6.07, 6.45) is 0. The molecule has 0 fully saturated rings. The Balaban J connectivity index is 1.33. The van der Waals surface area contributed by atoms with Crippen LogP contribution in [-0.4, -0.2) is 23.9 Å². The van der Waals surface area contributed by atoms with Crippen molar-refractivity contribution in [1.82, 2.24) is 4.90 Å². The minimum absolute atomic E-state index is 0.0886. The molecule has 0 saturated carbocycles. The zero-order valence-corrected chi connectivity index (χ0v) is 19.5. The number of rotatable bonds is 3. The van der Waals surface area contributed by atoms with Gasteiger partial charge in [0, 0.05) is 13.1 Å². The molecule has 7 rings (SSSR count). The number of ether oxygens (including phenoxy) is 1. The van der Waals surface area contributed by atoms with Gasteiger partial charge >= 0.3 is 0 Å². The fraction of sp³-hybridized carbons (Fsp3) is 0.156. The quantitative estimate of drug-likeness (QED) is 0.289. The molecule has 3 nitrogen and oxygen atoms in total. The number of nitrogens with zero attached hydrogens (tertiary/aromatic N) is 2. The first-order valence-corrected chi connectivity index (χ1v) is 12.3. The molecule has 0 bridgehead atoms. The highest BCUT2D eigenvalue weighted by Crippen LogP contribution is 2.42. The topological polar surface area (TPSA) is 24.8 Å². The van der Waals surface area contributed by atoms with E-state index in [0.29, 0.717) is 13.2 Å². The van der Waals surface area contributed by atoms with Gasteiger partial charge in [-0.3, -0.25) is 4.90 Å². The van der Waals surface area contributed by atoms with Crippen molar-refractivity contribution >= 4 is 27.4 Å². The van der Waals surface area contributed by atoms with Gasteiger partial charge in [-0.25, -0.2) is 4.99 Å². The second kappa shape index (κ2) is 8.37. The van der Waals surface area contributed by atoms with E-state index in [1.807, 2.05) is 6.07 Å². The van der Waals surface area contributed by atoms with Crippen molar-refractivity contribution in [3.05, 3.63) is 120 Å². The molecule has 0 aliphatic carbocycles. The van der Waals surface area contributed by atoms with Crippen LogP contribution in [0, 0.1) is 0 Å². The Kier molecular flexibility index (Phi) is 4.88. The zero-order chi connectivity index (χ0) is 23.2. The maximum absolute atomic E-state index is 6.09. The molecule has 0 N–H and O–H groups in total. The van der Waals surface area contributed by atoms with E-state index < -0.39 is 0 Å². The van der Waals surface area contributed by atoms with Crippen LogP contribution in [0.4, 0.5) is 0 Å². The van der Waals surface area contributed by atoms with Crippen LogP contribution in [0.3, 0.4) is 0 Å². The summed E-state index contributed by atoms with van der Waals surface area (Å²) in [6, 6.07) is 37.2. The summed E-state index contributed by atoms with van der Waals surface area (Å²) < 4.78 is 6.09. The van der Waals surface area contributed by atoms with E-state index in [4.69, 9.17) is 9.73 Å². The molecule has 0 amide bonds. The van der Waals surface area contributed by atoms with Crippen LogP contribution < -0.4 is 0 Å². The first-order valence-electron chi connectivity index (χ1n) is 12.3. The molecular formula is C32H26N2O. The van der Waals surface area contributed by atoms with Crippen molar-refractivity contribution in [1.29, 1.82) is 0 Å². The van der Waals surface area contributed by atoms with Gasteiger partial charge in [0.25, 0.3) is 0 Å². The van der Waals surface area contributed by atoms with Gasteiger partial charge in [0.05, 0.1) is 6.54 Å². The van der Waals surface area contributed by atoms with Gasteiger partial charge < -0.3 is 4.74 Å². The van der Waals surface area contributed by atoms with E-state index in [1.165, 1.54) is 49.4 Å². The summed E-state index contributed by atoms with van der Waals surface area (Å²) in [5.74, 6) is 0.838. The van der Waals surface area contributed by atoms with Crippen LogP contribution in [0.5, 0.6) is 0 Å². The van der Waals surface area contributed by atoms with Gasteiger partial charge in [-0.2, -0.15) is 0 Å². The average molecular weight is 455 g/mol. The lowest BCUT2D eigenvalue weighted by atomic mass is 9.88. The molecule has 5 aromatic rings. The lowest BCUT2D eigenvalue weighted by Gasteiger charge is -2.20. The van der Waals surface area contributed by atoms with E-state index >= 15 is 0 Å². The van der Waals surface area contributed by atoms with Crippen molar-refractivity contribution in [2.45, 2.75) is 19.1 Å². The number of fused-ring (bicyclic) bond motifs is 7. The first-order chi connectivity index (χ1) is 17.3. The molecule has 0 aromatic heterocycles. The van der Waals surface area contributed by atoms with Gasteiger partial charge in [-0.05, 0) is 49.4 Å². The highest BCUT2D eigenvalue weighted by Gasteiger charge is 2.26. The Hall–Kier alpha value is -3.95. The fourth-order valence-electron chi connectivity index (χ4n) is 5.68. The molecule has 0 spiro atoms. The fourth-order valence-corrected chi connectivity index (χ4v) is 5.68. The highest BCUT2D eigenvalue weighted by atomic mass is 16.5. The maximum Gasteiger partial charge on any atom is 0.198 e. The molecule has 2 aliphatic heterocycles. The first kappa shape index (κ1) is 20.4. The minimum atomic E-state index is 0.0886. The summed E-state index contributed by atoms with van der Waals surface area (Å²) in [5.41, 5.74) is 6.67. The predicted molar refractivity (Wildman–Crippen MR) is 144 cm³/mol. The van der Waals surface area contributed by atoms with E-state index in [9.17, 15) is 0 Å². The van der Waals surface area contributed by atoms with Crippen LogP contribution in [-0.2, 0) is 17.8 Å². The third-order valence-corrected chi connectivity index (χ3v) is 7.32. The number of hydrogen-bond donors (Lipinski definition) is 0. The van der Waals surface area contributed by atoms with Crippen LogP contribution in [0.15, 0.2) is 108 Å². The summed E-state index contributed by atoms with van der Waals surface area (Å²) in [5, 5.41) is 5.21. The number of hydrogen-bond acceptors (Lipinski definition) is 3. The molecule has 2 aliphatic rings. The van der Waals surface area contributed by atoms with E-state index in [-0.39, 0.29) is 6.04 Å². The molecule has 0 saturated heterocycles. The molecular weight excluding hydrogens is 428 g/mol. The molecule has 170 valence electrons. The molecule has 0 unspecified atom stereocenters. The van der Waals surface area contributed by atoms with E-state index in [1.54, 1.807) is 0 Å². The monoisotopic (exact) mass is 454 g/mol. The third-order valence-electron chi connectivity index (χ3n) is 7.32. The van der Waals surface area contributed by atoms with Crippen LogP contribution in [0.25, 0.3) is 32.7 Å². The maximum atomic E-state index is 6.09. The Morgan fingerprint density at radius 1 is 0.657 bits per heavy atom. The van der Waals surface area contributed by atoms with Crippen LogP contribution >= 0.6 is 0 Å². The Labute approximate surface area is 205 Å². The summed E-state index contributed by atoms with van der Waals surface area (Å²) in [6.45, 7) is 3.06. The third kappa shape index (κ3) is 3.60. The smallest absolute Gasteiger partial charge is 0.198 e. The van der Waals surface area contributed by atoms with Crippen molar-refractivity contribution in [2.24, 2.45) is 4.99 Å². The summed E-state index contributed by atoms with van der Waals surface area (Å²) in [7, 11) is 0. The van der Waals surface area contributed by atoms with E-state index in [2.05, 4.69) is 102 Å². The standard InChI is InChI=1S/C32H26N2O/c1-2-10-24(11-3-1)29-21-35-30(33-29)20-34-18-25-16-14-22-8-4-6-12-27(22)31(25)32-26(19-34)17-15-23-9-5-7-13-28(23)32/h1-17,29H,18-21H2/t29-/m0/s1. The second-order valence-electron chi connectivity index (χ2n) is 9.55. The highest BCUT2D eigenvalue weighted by molar-refractivity contribution is 6.08. The van der Waals surface area contributed by atoms with Crippen molar-refractivity contribution < 1.29 is 4.74 Å².